The van der Waals surface area contributed by atoms with Crippen LogP contribution in [0.15, 0.2) is 42.7 Å². The van der Waals surface area contributed by atoms with Crippen LogP contribution < -0.4 is 10.1 Å². The van der Waals surface area contributed by atoms with E-state index in [1.807, 2.05) is 18.2 Å². The van der Waals surface area contributed by atoms with Crippen molar-refractivity contribution in [2.24, 2.45) is 0 Å². The molecule has 1 aromatic carbocycles. The van der Waals surface area contributed by atoms with Crippen LogP contribution in [0.1, 0.15) is 30.9 Å². The van der Waals surface area contributed by atoms with Crippen LogP contribution in [0.4, 0.5) is 5.69 Å². The molecule has 22 heavy (non-hydrogen) atoms. The smallest absolute Gasteiger partial charge is 0.265 e. The van der Waals surface area contributed by atoms with Gasteiger partial charge < -0.3 is 10.1 Å². The van der Waals surface area contributed by atoms with Gasteiger partial charge in [-0.1, -0.05) is 12.1 Å². The minimum Gasteiger partial charge on any atom is -0.481 e. The van der Waals surface area contributed by atoms with Crippen LogP contribution in [0.3, 0.4) is 0 Å². The molecule has 0 aliphatic heterocycles. The van der Waals surface area contributed by atoms with Gasteiger partial charge in [0.15, 0.2) is 6.10 Å². The summed E-state index contributed by atoms with van der Waals surface area (Å²) in [6.07, 6.45) is 7.29. The third-order valence-electron chi connectivity index (χ3n) is 3.95. The second kappa shape index (κ2) is 6.60. The molecule has 0 saturated heterocycles. The van der Waals surface area contributed by atoms with Gasteiger partial charge in [0.05, 0.1) is 11.9 Å². The van der Waals surface area contributed by atoms with Crippen LogP contribution in [0, 0.1) is 0 Å². The van der Waals surface area contributed by atoms with Crippen molar-refractivity contribution < 1.29 is 9.53 Å². The number of aromatic nitrogens is 1. The van der Waals surface area contributed by atoms with Gasteiger partial charge in [0, 0.05) is 6.20 Å². The van der Waals surface area contributed by atoms with Crippen LogP contribution in [0.5, 0.6) is 5.75 Å². The first-order chi connectivity index (χ1) is 10.7. The highest BCUT2D eigenvalue weighted by molar-refractivity contribution is 5.93. The summed E-state index contributed by atoms with van der Waals surface area (Å²) in [6, 6.07) is 9.71. The molecule has 0 radical (unpaired) electrons. The minimum absolute atomic E-state index is 0.165. The third kappa shape index (κ3) is 3.27. The van der Waals surface area contributed by atoms with Gasteiger partial charge in [0.25, 0.3) is 5.91 Å². The van der Waals surface area contributed by atoms with Gasteiger partial charge in [-0.25, -0.2) is 0 Å². The van der Waals surface area contributed by atoms with Crippen LogP contribution in [-0.2, 0) is 17.6 Å². The number of aryl methyl sites for hydroxylation is 1. The van der Waals surface area contributed by atoms with Gasteiger partial charge in [-0.15, -0.1) is 0 Å². The molecule has 4 nitrogen and oxygen atoms in total. The summed E-state index contributed by atoms with van der Waals surface area (Å²) < 4.78 is 5.91. The van der Waals surface area contributed by atoms with E-state index in [1.54, 1.807) is 25.4 Å². The fraction of sp³-hybridized carbons (Fsp3) is 0.333. The van der Waals surface area contributed by atoms with Crippen molar-refractivity contribution in [2.75, 3.05) is 5.32 Å². The van der Waals surface area contributed by atoms with Crippen LogP contribution in [-0.4, -0.2) is 17.0 Å². The molecule has 1 atom stereocenters. The van der Waals surface area contributed by atoms with Crippen molar-refractivity contribution in [3.05, 3.63) is 53.9 Å². The lowest BCUT2D eigenvalue weighted by atomic mass is 9.91. The van der Waals surface area contributed by atoms with Gasteiger partial charge in [-0.3, -0.25) is 9.78 Å². The Bertz CT molecular complexity index is 655. The molecule has 0 saturated carbocycles. The Morgan fingerprint density at radius 1 is 1.23 bits per heavy atom. The fourth-order valence-corrected chi connectivity index (χ4v) is 2.78. The van der Waals surface area contributed by atoms with E-state index in [-0.39, 0.29) is 5.91 Å². The first kappa shape index (κ1) is 14.6. The van der Waals surface area contributed by atoms with E-state index in [9.17, 15) is 4.79 Å². The maximum atomic E-state index is 12.2. The van der Waals surface area contributed by atoms with Gasteiger partial charge in [0.2, 0.25) is 0 Å². The number of hydrogen-bond donors (Lipinski definition) is 1. The monoisotopic (exact) mass is 296 g/mol. The lowest BCUT2D eigenvalue weighted by Crippen LogP contribution is -2.30. The lowest BCUT2D eigenvalue weighted by molar-refractivity contribution is -0.122. The van der Waals surface area contributed by atoms with Crippen LogP contribution in [0.2, 0.25) is 0 Å². The Balaban J connectivity index is 1.69. The van der Waals surface area contributed by atoms with Crippen LogP contribution >= 0.6 is 0 Å². The Kier molecular flexibility index (Phi) is 4.37. The van der Waals surface area contributed by atoms with Crippen molar-refractivity contribution in [1.29, 1.82) is 0 Å². The van der Waals surface area contributed by atoms with E-state index in [0.717, 1.165) is 18.6 Å². The molecule has 0 unspecified atom stereocenters. The molecule has 114 valence electrons. The van der Waals surface area contributed by atoms with Crippen molar-refractivity contribution >= 4 is 11.6 Å². The molecule has 3 rings (SSSR count). The summed E-state index contributed by atoms with van der Waals surface area (Å²) in [4.78, 5) is 16.2. The summed E-state index contributed by atoms with van der Waals surface area (Å²) in [5, 5.41) is 2.82. The zero-order valence-corrected chi connectivity index (χ0v) is 12.7. The number of ether oxygens (including phenoxy) is 1. The third-order valence-corrected chi connectivity index (χ3v) is 3.95. The Morgan fingerprint density at radius 3 is 2.91 bits per heavy atom. The Hall–Kier alpha value is -2.36. The zero-order valence-electron chi connectivity index (χ0n) is 12.7. The lowest BCUT2D eigenvalue weighted by Gasteiger charge is -2.22. The number of nitrogens with one attached hydrogen (secondary N) is 1. The van der Waals surface area contributed by atoms with Gasteiger partial charge in [-0.2, -0.15) is 0 Å². The molecule has 0 spiro atoms. The van der Waals surface area contributed by atoms with Gasteiger partial charge >= 0.3 is 0 Å². The second-order valence-electron chi connectivity index (χ2n) is 5.59. The molecule has 1 aliphatic rings. The Morgan fingerprint density at radius 2 is 2.09 bits per heavy atom. The number of anilines is 1. The summed E-state index contributed by atoms with van der Waals surface area (Å²) in [5.41, 5.74) is 3.29. The summed E-state index contributed by atoms with van der Waals surface area (Å²) in [7, 11) is 0. The predicted octanol–water partition coefficient (Wildman–Crippen LogP) is 3.37. The molecule has 0 bridgehead atoms. The average Bonchev–Trinajstić information content (AvgIpc) is 2.56. The van der Waals surface area contributed by atoms with E-state index in [4.69, 9.17) is 4.74 Å². The van der Waals surface area contributed by atoms with E-state index < -0.39 is 6.10 Å². The van der Waals surface area contributed by atoms with Crippen molar-refractivity contribution in [1.82, 2.24) is 4.98 Å². The molecule has 1 aliphatic carbocycles. The number of amides is 1. The molecule has 2 aromatic rings. The van der Waals surface area contributed by atoms with Gasteiger partial charge in [-0.05, 0) is 61.9 Å². The number of carbonyl (C=O) groups is 1. The maximum absolute atomic E-state index is 12.2. The molecule has 1 aromatic heterocycles. The first-order valence-corrected chi connectivity index (χ1v) is 7.72. The number of rotatable bonds is 4. The minimum atomic E-state index is -0.548. The Labute approximate surface area is 130 Å². The standard InChI is InChI=1S/C18H20N2O2/c1-13(18(21)20-15-8-5-11-19-12-15)22-17-10-4-7-14-6-2-3-9-16(14)17/h4-5,7-8,10-13H,2-3,6,9H2,1H3,(H,20,21)/t13-/m0/s1. The maximum Gasteiger partial charge on any atom is 0.265 e. The molecule has 4 heteroatoms. The van der Waals surface area contributed by atoms with E-state index >= 15 is 0 Å². The fourth-order valence-electron chi connectivity index (χ4n) is 2.78. The van der Waals surface area contributed by atoms with Gasteiger partial charge in [0.1, 0.15) is 5.75 Å². The van der Waals surface area contributed by atoms with E-state index in [0.29, 0.717) is 5.69 Å². The number of benzene rings is 1. The normalized spacial score (nSPS) is 14.8. The number of hydrogen-bond acceptors (Lipinski definition) is 3. The molecule has 1 N–H and O–H groups in total. The number of fused-ring (bicyclic) bond motifs is 1. The summed E-state index contributed by atoms with van der Waals surface area (Å²) >= 11 is 0. The topological polar surface area (TPSA) is 51.2 Å². The molecular formula is C18H20N2O2. The van der Waals surface area contributed by atoms with E-state index in [1.165, 1.54) is 24.0 Å². The SMILES string of the molecule is C[C@H](Oc1cccc2c1CCCC2)C(=O)Nc1cccnc1. The number of nitrogens with zero attached hydrogens (tertiary/aromatic N) is 1. The van der Waals surface area contributed by atoms with Crippen molar-refractivity contribution in [3.8, 4) is 5.75 Å². The predicted molar refractivity (Wildman–Crippen MR) is 86.0 cm³/mol. The zero-order chi connectivity index (χ0) is 15.4. The molecule has 0 fully saturated rings. The number of pyridine rings is 1. The highest BCUT2D eigenvalue weighted by atomic mass is 16.5. The van der Waals surface area contributed by atoms with E-state index in [2.05, 4.69) is 16.4 Å². The molecular weight excluding hydrogens is 276 g/mol. The van der Waals surface area contributed by atoms with Crippen molar-refractivity contribution in [2.45, 2.75) is 38.7 Å². The summed E-state index contributed by atoms with van der Waals surface area (Å²) in [5.74, 6) is 0.674. The highest BCUT2D eigenvalue weighted by Crippen LogP contribution is 2.30. The van der Waals surface area contributed by atoms with Crippen LogP contribution in [0.25, 0.3) is 0 Å². The largest absolute Gasteiger partial charge is 0.481 e. The average molecular weight is 296 g/mol. The van der Waals surface area contributed by atoms with Crippen molar-refractivity contribution in [3.63, 3.8) is 0 Å². The quantitative estimate of drug-likeness (QED) is 0.941. The first-order valence-electron chi connectivity index (χ1n) is 7.72. The number of carbonyl (C=O) groups excluding carboxylic acids is 1. The summed E-state index contributed by atoms with van der Waals surface area (Å²) in [6.45, 7) is 1.77. The molecule has 1 amide bonds. The molecule has 1 heterocycles. The highest BCUT2D eigenvalue weighted by Gasteiger charge is 2.19. The second-order valence-corrected chi connectivity index (χ2v) is 5.59.